The van der Waals surface area contributed by atoms with Gasteiger partial charge in [-0.2, -0.15) is 26.3 Å². The van der Waals surface area contributed by atoms with Crippen LogP contribution in [0.4, 0.5) is 26.3 Å². The molecule has 0 amide bonds. The third-order valence-electron chi connectivity index (χ3n) is 7.27. The zero-order valence-corrected chi connectivity index (χ0v) is 21.7. The predicted octanol–water partition coefficient (Wildman–Crippen LogP) is 7.52. The van der Waals surface area contributed by atoms with Crippen LogP contribution in [0.25, 0.3) is 0 Å². The number of likely N-dealkylation sites (tertiary alicyclic amines) is 1. The molecule has 9 heteroatoms. The van der Waals surface area contributed by atoms with Crippen LogP contribution >= 0.6 is 0 Å². The summed E-state index contributed by atoms with van der Waals surface area (Å²) in [6, 6.07) is 19.4. The Morgan fingerprint density at radius 2 is 1.41 bits per heavy atom. The number of nitrogens with one attached hydrogen (secondary N) is 1. The van der Waals surface area contributed by atoms with Crippen molar-refractivity contribution in [2.75, 3.05) is 26.7 Å². The maximum Gasteiger partial charge on any atom is 0.416 e. The van der Waals surface area contributed by atoms with Crippen molar-refractivity contribution in [1.29, 1.82) is 0 Å². The van der Waals surface area contributed by atoms with Crippen LogP contribution in [0.15, 0.2) is 72.8 Å². The average molecular weight is 551 g/mol. The van der Waals surface area contributed by atoms with Crippen LogP contribution < -0.4 is 10.1 Å². The van der Waals surface area contributed by atoms with Crippen molar-refractivity contribution in [3.8, 4) is 5.75 Å². The molecule has 1 aliphatic heterocycles. The van der Waals surface area contributed by atoms with Crippen LogP contribution in [0.5, 0.6) is 5.75 Å². The van der Waals surface area contributed by atoms with E-state index in [2.05, 4.69) is 22.3 Å². The van der Waals surface area contributed by atoms with Gasteiger partial charge in [-0.25, -0.2) is 0 Å². The van der Waals surface area contributed by atoms with Crippen molar-refractivity contribution in [3.63, 3.8) is 0 Å². The molecular formula is C30H32F6N2O. The quantitative estimate of drug-likeness (QED) is 0.279. The average Bonchev–Trinajstić information content (AvgIpc) is 2.91. The Balaban J connectivity index is 1.49. The highest BCUT2D eigenvalue weighted by atomic mass is 19.4. The zero-order chi connectivity index (χ0) is 28.0. The van der Waals surface area contributed by atoms with Gasteiger partial charge in [-0.15, -0.1) is 0 Å². The second-order valence-corrected chi connectivity index (χ2v) is 9.97. The number of nitrogens with zero attached hydrogens (tertiary/aromatic N) is 1. The molecule has 3 nitrogen and oxygen atoms in total. The molecule has 1 atom stereocenters. The smallest absolute Gasteiger partial charge is 0.416 e. The summed E-state index contributed by atoms with van der Waals surface area (Å²) in [5.41, 5.74) is -0.462. The lowest BCUT2D eigenvalue weighted by atomic mass is 9.89. The van der Waals surface area contributed by atoms with Gasteiger partial charge in [0.15, 0.2) is 0 Å². The van der Waals surface area contributed by atoms with Gasteiger partial charge in [0.2, 0.25) is 0 Å². The lowest BCUT2D eigenvalue weighted by Crippen LogP contribution is -2.41. The van der Waals surface area contributed by atoms with Gasteiger partial charge in [0.05, 0.1) is 24.3 Å². The predicted molar refractivity (Wildman–Crippen MR) is 138 cm³/mol. The maximum atomic E-state index is 13.3. The molecule has 1 fully saturated rings. The summed E-state index contributed by atoms with van der Waals surface area (Å²) in [6.45, 7) is 1.85. The minimum Gasteiger partial charge on any atom is -0.496 e. The standard InChI is InChI=1S/C30H32F6N2O/c1-39-28-10-6-5-9-26(28)27(38-13-11-22(12-14-38)15-21-7-3-2-4-8-21)20-37-19-23-16-24(29(31,32)33)18-25(17-23)30(34,35)36/h2-10,16-18,22,27,37H,11-15,19-20H2,1H3. The molecule has 4 rings (SSSR count). The fraction of sp³-hybridized carbons (Fsp3) is 0.400. The maximum absolute atomic E-state index is 13.3. The molecule has 1 N–H and O–H groups in total. The minimum absolute atomic E-state index is 0.0718. The third kappa shape index (κ3) is 7.76. The van der Waals surface area contributed by atoms with E-state index in [0.29, 0.717) is 18.2 Å². The second kappa shape index (κ2) is 12.4. The number of rotatable bonds is 9. The van der Waals surface area contributed by atoms with E-state index in [1.807, 2.05) is 42.5 Å². The van der Waals surface area contributed by atoms with Crippen LogP contribution in [-0.2, 0) is 25.3 Å². The van der Waals surface area contributed by atoms with Gasteiger partial charge in [-0.05, 0) is 73.7 Å². The van der Waals surface area contributed by atoms with Gasteiger partial charge in [-0.3, -0.25) is 4.90 Å². The van der Waals surface area contributed by atoms with E-state index < -0.39 is 23.5 Å². The van der Waals surface area contributed by atoms with Crippen molar-refractivity contribution < 1.29 is 31.1 Å². The van der Waals surface area contributed by atoms with Crippen LogP contribution in [-0.4, -0.2) is 31.6 Å². The van der Waals surface area contributed by atoms with E-state index >= 15 is 0 Å². The highest BCUT2D eigenvalue weighted by Crippen LogP contribution is 2.37. The number of ether oxygens (including phenoxy) is 1. The number of para-hydroxylation sites is 1. The Morgan fingerprint density at radius 1 is 0.821 bits per heavy atom. The lowest BCUT2D eigenvalue weighted by molar-refractivity contribution is -0.143. The molecule has 0 bridgehead atoms. The molecule has 0 radical (unpaired) electrons. The summed E-state index contributed by atoms with van der Waals surface area (Å²) in [5, 5.41) is 3.13. The molecule has 39 heavy (non-hydrogen) atoms. The van der Waals surface area contributed by atoms with Crippen molar-refractivity contribution in [2.45, 2.75) is 44.2 Å². The molecule has 0 spiro atoms. The molecule has 1 heterocycles. The fourth-order valence-electron chi connectivity index (χ4n) is 5.27. The fourth-order valence-corrected chi connectivity index (χ4v) is 5.27. The number of hydrogen-bond acceptors (Lipinski definition) is 3. The first-order valence-corrected chi connectivity index (χ1v) is 12.9. The van der Waals surface area contributed by atoms with E-state index in [1.54, 1.807) is 7.11 Å². The summed E-state index contributed by atoms with van der Waals surface area (Å²) in [4.78, 5) is 2.32. The summed E-state index contributed by atoms with van der Waals surface area (Å²) in [6.07, 6.45) is -6.77. The number of alkyl halides is 6. The van der Waals surface area contributed by atoms with Crippen molar-refractivity contribution in [2.24, 2.45) is 5.92 Å². The molecular weight excluding hydrogens is 518 g/mol. The Kier molecular flexibility index (Phi) is 9.23. The second-order valence-electron chi connectivity index (χ2n) is 9.97. The largest absolute Gasteiger partial charge is 0.496 e. The van der Waals surface area contributed by atoms with E-state index in [-0.39, 0.29) is 24.2 Å². The van der Waals surface area contributed by atoms with Gasteiger partial charge in [-0.1, -0.05) is 48.5 Å². The van der Waals surface area contributed by atoms with Gasteiger partial charge >= 0.3 is 12.4 Å². The molecule has 3 aromatic carbocycles. The lowest BCUT2D eigenvalue weighted by Gasteiger charge is -2.38. The Morgan fingerprint density at radius 3 is 2.00 bits per heavy atom. The van der Waals surface area contributed by atoms with Gasteiger partial charge in [0, 0.05) is 18.7 Å². The molecule has 0 aliphatic carbocycles. The first-order chi connectivity index (χ1) is 18.5. The SMILES string of the molecule is COc1ccccc1C(CNCc1cc(C(F)(F)F)cc(C(F)(F)F)c1)N1CCC(Cc2ccccc2)CC1. The molecule has 1 unspecified atom stereocenters. The number of piperidine rings is 1. The van der Waals surface area contributed by atoms with Crippen LogP contribution in [0.1, 0.15) is 46.7 Å². The van der Waals surface area contributed by atoms with E-state index in [9.17, 15) is 26.3 Å². The van der Waals surface area contributed by atoms with Crippen molar-refractivity contribution in [3.05, 3.63) is 101 Å². The molecule has 0 aromatic heterocycles. The van der Waals surface area contributed by atoms with Crippen LogP contribution in [0.2, 0.25) is 0 Å². The molecule has 1 aliphatic rings. The monoisotopic (exact) mass is 550 g/mol. The molecule has 210 valence electrons. The number of hydrogen-bond donors (Lipinski definition) is 1. The topological polar surface area (TPSA) is 24.5 Å². The highest BCUT2D eigenvalue weighted by Gasteiger charge is 2.37. The first kappa shape index (κ1) is 29.0. The highest BCUT2D eigenvalue weighted by molar-refractivity contribution is 5.37. The number of benzene rings is 3. The number of halogens is 6. The number of methoxy groups -OCH3 is 1. The Bertz CT molecular complexity index is 1170. The van der Waals surface area contributed by atoms with Gasteiger partial charge < -0.3 is 10.1 Å². The zero-order valence-electron chi connectivity index (χ0n) is 21.7. The third-order valence-corrected chi connectivity index (χ3v) is 7.27. The Labute approximate surface area is 224 Å². The first-order valence-electron chi connectivity index (χ1n) is 12.9. The van der Waals surface area contributed by atoms with Crippen molar-refractivity contribution >= 4 is 0 Å². The van der Waals surface area contributed by atoms with E-state index in [4.69, 9.17) is 4.74 Å². The summed E-state index contributed by atoms with van der Waals surface area (Å²) < 4.78 is 85.4. The molecule has 3 aromatic rings. The Hall–Kier alpha value is -3.04. The van der Waals surface area contributed by atoms with Gasteiger partial charge in [0.1, 0.15) is 5.75 Å². The molecule has 1 saturated heterocycles. The summed E-state index contributed by atoms with van der Waals surface area (Å²) in [5.74, 6) is 1.23. The summed E-state index contributed by atoms with van der Waals surface area (Å²) in [7, 11) is 1.58. The van der Waals surface area contributed by atoms with Crippen LogP contribution in [0.3, 0.4) is 0 Å². The van der Waals surface area contributed by atoms with Crippen LogP contribution in [0, 0.1) is 5.92 Å². The minimum atomic E-state index is -4.87. The van der Waals surface area contributed by atoms with Gasteiger partial charge in [0.25, 0.3) is 0 Å². The van der Waals surface area contributed by atoms with E-state index in [1.165, 1.54) is 5.56 Å². The van der Waals surface area contributed by atoms with Crippen molar-refractivity contribution in [1.82, 2.24) is 10.2 Å². The normalized spacial score (nSPS) is 16.3. The summed E-state index contributed by atoms with van der Waals surface area (Å²) >= 11 is 0. The van der Waals surface area contributed by atoms with E-state index in [0.717, 1.165) is 50.0 Å². The molecule has 0 saturated carbocycles.